The Morgan fingerprint density at radius 3 is 3.06 bits per heavy atom. The standard InChI is InChI=1S/C12H12ClFN2O/c13-9-3-8(14)4-10-12(9)17-11(16-10)6-15-5-7-1-2-7/h3-4,7,15H,1-2,5-6H2. The lowest BCUT2D eigenvalue weighted by molar-refractivity contribution is 0.489. The zero-order chi connectivity index (χ0) is 11.8. The van der Waals surface area contributed by atoms with Gasteiger partial charge in [0.15, 0.2) is 5.58 Å². The average molecular weight is 255 g/mol. The van der Waals surface area contributed by atoms with Gasteiger partial charge in [0, 0.05) is 6.07 Å². The van der Waals surface area contributed by atoms with Gasteiger partial charge in [-0.15, -0.1) is 0 Å². The average Bonchev–Trinajstić information content (AvgIpc) is 2.98. The monoisotopic (exact) mass is 254 g/mol. The van der Waals surface area contributed by atoms with E-state index in [0.717, 1.165) is 12.5 Å². The van der Waals surface area contributed by atoms with Crippen molar-refractivity contribution >= 4 is 22.7 Å². The van der Waals surface area contributed by atoms with Gasteiger partial charge in [-0.25, -0.2) is 9.37 Å². The first-order valence-corrected chi connectivity index (χ1v) is 6.05. The highest BCUT2D eigenvalue weighted by molar-refractivity contribution is 6.34. The van der Waals surface area contributed by atoms with Crippen molar-refractivity contribution in [1.82, 2.24) is 10.3 Å². The van der Waals surface area contributed by atoms with E-state index in [4.69, 9.17) is 16.0 Å². The molecule has 1 N–H and O–H groups in total. The summed E-state index contributed by atoms with van der Waals surface area (Å²) in [5.74, 6) is 0.960. The fraction of sp³-hybridized carbons (Fsp3) is 0.417. The molecule has 1 aromatic heterocycles. The van der Waals surface area contributed by atoms with E-state index < -0.39 is 5.82 Å². The summed E-state index contributed by atoms with van der Waals surface area (Å²) < 4.78 is 18.6. The van der Waals surface area contributed by atoms with Crippen LogP contribution in [0.3, 0.4) is 0 Å². The molecule has 1 aromatic carbocycles. The molecule has 0 bridgehead atoms. The van der Waals surface area contributed by atoms with E-state index in [1.165, 1.54) is 25.0 Å². The molecule has 0 saturated heterocycles. The lowest BCUT2D eigenvalue weighted by Crippen LogP contribution is -2.16. The normalized spacial score (nSPS) is 15.6. The Morgan fingerprint density at radius 1 is 1.47 bits per heavy atom. The van der Waals surface area contributed by atoms with Crippen molar-refractivity contribution in [2.75, 3.05) is 6.54 Å². The van der Waals surface area contributed by atoms with Gasteiger partial charge in [0.05, 0.1) is 11.6 Å². The van der Waals surface area contributed by atoms with Crippen LogP contribution in [-0.4, -0.2) is 11.5 Å². The maximum absolute atomic E-state index is 13.1. The van der Waals surface area contributed by atoms with Crippen LogP contribution in [0.1, 0.15) is 18.7 Å². The van der Waals surface area contributed by atoms with Gasteiger partial charge in [0.1, 0.15) is 11.3 Å². The van der Waals surface area contributed by atoms with Crippen molar-refractivity contribution in [1.29, 1.82) is 0 Å². The third-order valence-electron chi connectivity index (χ3n) is 2.86. The fourth-order valence-corrected chi connectivity index (χ4v) is 2.03. The quantitative estimate of drug-likeness (QED) is 0.911. The smallest absolute Gasteiger partial charge is 0.209 e. The van der Waals surface area contributed by atoms with Gasteiger partial charge in [0.2, 0.25) is 5.89 Å². The van der Waals surface area contributed by atoms with Gasteiger partial charge in [-0.1, -0.05) is 11.6 Å². The van der Waals surface area contributed by atoms with Crippen LogP contribution in [0.2, 0.25) is 5.02 Å². The lowest BCUT2D eigenvalue weighted by atomic mass is 10.3. The van der Waals surface area contributed by atoms with E-state index in [9.17, 15) is 4.39 Å². The van der Waals surface area contributed by atoms with Crippen molar-refractivity contribution in [3.8, 4) is 0 Å². The van der Waals surface area contributed by atoms with Crippen molar-refractivity contribution in [3.63, 3.8) is 0 Å². The van der Waals surface area contributed by atoms with Crippen molar-refractivity contribution < 1.29 is 8.81 Å². The molecular weight excluding hydrogens is 243 g/mol. The topological polar surface area (TPSA) is 38.1 Å². The van der Waals surface area contributed by atoms with Gasteiger partial charge in [0.25, 0.3) is 0 Å². The van der Waals surface area contributed by atoms with Crippen LogP contribution in [0, 0.1) is 11.7 Å². The highest BCUT2D eigenvalue weighted by atomic mass is 35.5. The molecule has 1 fully saturated rings. The Kier molecular flexibility index (Phi) is 2.76. The number of hydrogen-bond acceptors (Lipinski definition) is 3. The summed E-state index contributed by atoms with van der Waals surface area (Å²) in [6, 6.07) is 2.56. The summed E-state index contributed by atoms with van der Waals surface area (Å²) >= 11 is 5.88. The summed E-state index contributed by atoms with van der Waals surface area (Å²) in [7, 11) is 0. The van der Waals surface area contributed by atoms with Crippen molar-refractivity contribution in [2.45, 2.75) is 19.4 Å². The second-order valence-electron chi connectivity index (χ2n) is 4.42. The summed E-state index contributed by atoms with van der Waals surface area (Å²) in [5.41, 5.74) is 0.925. The molecular formula is C12H12ClFN2O. The van der Waals surface area contributed by atoms with Gasteiger partial charge < -0.3 is 9.73 Å². The molecule has 0 radical (unpaired) electrons. The largest absolute Gasteiger partial charge is 0.438 e. The second kappa shape index (κ2) is 4.27. The van der Waals surface area contributed by atoms with Crippen molar-refractivity contribution in [3.05, 3.63) is 28.9 Å². The zero-order valence-corrected chi connectivity index (χ0v) is 9.93. The van der Waals surface area contributed by atoms with E-state index in [0.29, 0.717) is 23.5 Å². The number of nitrogens with zero attached hydrogens (tertiary/aromatic N) is 1. The van der Waals surface area contributed by atoms with E-state index in [2.05, 4.69) is 10.3 Å². The van der Waals surface area contributed by atoms with Crippen LogP contribution < -0.4 is 5.32 Å². The van der Waals surface area contributed by atoms with Gasteiger partial charge in [-0.2, -0.15) is 0 Å². The number of benzene rings is 1. The Bertz CT molecular complexity index is 551. The maximum Gasteiger partial charge on any atom is 0.209 e. The molecule has 0 atom stereocenters. The van der Waals surface area contributed by atoms with E-state index in [1.807, 2.05) is 0 Å². The molecule has 1 heterocycles. The fourth-order valence-electron chi connectivity index (χ4n) is 1.79. The van der Waals surface area contributed by atoms with Gasteiger partial charge in [-0.05, 0) is 31.4 Å². The van der Waals surface area contributed by atoms with Crippen molar-refractivity contribution in [2.24, 2.45) is 5.92 Å². The number of hydrogen-bond donors (Lipinski definition) is 1. The molecule has 1 saturated carbocycles. The Morgan fingerprint density at radius 2 is 2.29 bits per heavy atom. The van der Waals surface area contributed by atoms with Crippen LogP contribution >= 0.6 is 11.6 Å². The predicted octanol–water partition coefficient (Wildman–Crippen LogP) is 3.12. The first-order valence-electron chi connectivity index (χ1n) is 5.67. The first-order chi connectivity index (χ1) is 8.22. The number of rotatable bonds is 4. The molecule has 17 heavy (non-hydrogen) atoms. The van der Waals surface area contributed by atoms with Crippen LogP contribution in [0.4, 0.5) is 4.39 Å². The van der Waals surface area contributed by atoms with E-state index >= 15 is 0 Å². The molecule has 0 unspecified atom stereocenters. The Hall–Kier alpha value is -1.13. The zero-order valence-electron chi connectivity index (χ0n) is 9.17. The highest BCUT2D eigenvalue weighted by Crippen LogP contribution is 2.28. The summed E-state index contributed by atoms with van der Waals surface area (Å²) in [5, 5.41) is 3.53. The second-order valence-corrected chi connectivity index (χ2v) is 4.82. The molecule has 3 nitrogen and oxygen atoms in total. The molecule has 5 heteroatoms. The Labute approximate surface area is 103 Å². The summed E-state index contributed by atoms with van der Waals surface area (Å²) in [6.45, 7) is 1.55. The highest BCUT2D eigenvalue weighted by Gasteiger charge is 2.20. The SMILES string of the molecule is Fc1cc(Cl)c2oc(CNCC3CC3)nc2c1. The molecule has 90 valence electrons. The molecule has 0 amide bonds. The van der Waals surface area contributed by atoms with Crippen LogP contribution in [0.15, 0.2) is 16.5 Å². The van der Waals surface area contributed by atoms with Crippen LogP contribution in [0.25, 0.3) is 11.1 Å². The third-order valence-corrected chi connectivity index (χ3v) is 3.14. The van der Waals surface area contributed by atoms with Gasteiger partial charge >= 0.3 is 0 Å². The van der Waals surface area contributed by atoms with Crippen LogP contribution in [-0.2, 0) is 6.54 Å². The molecule has 0 spiro atoms. The number of halogens is 2. The Balaban J connectivity index is 1.77. The third kappa shape index (κ3) is 2.42. The first kappa shape index (κ1) is 11.0. The number of nitrogens with one attached hydrogen (secondary N) is 1. The lowest BCUT2D eigenvalue weighted by Gasteiger charge is -1.97. The minimum absolute atomic E-state index is 0.265. The van der Waals surface area contributed by atoms with Crippen LogP contribution in [0.5, 0.6) is 0 Å². The molecule has 1 aliphatic rings. The predicted molar refractivity (Wildman–Crippen MR) is 63.4 cm³/mol. The molecule has 1 aliphatic carbocycles. The number of aromatic nitrogens is 1. The molecule has 0 aliphatic heterocycles. The molecule has 3 rings (SSSR count). The number of oxazole rings is 1. The summed E-state index contributed by atoms with van der Waals surface area (Å²) in [4.78, 5) is 4.20. The summed E-state index contributed by atoms with van der Waals surface area (Å²) in [6.07, 6.45) is 2.61. The van der Waals surface area contributed by atoms with E-state index in [1.54, 1.807) is 0 Å². The minimum Gasteiger partial charge on any atom is -0.438 e. The molecule has 2 aromatic rings. The minimum atomic E-state index is -0.395. The maximum atomic E-state index is 13.1. The van der Waals surface area contributed by atoms with E-state index in [-0.39, 0.29) is 5.02 Å². The van der Waals surface area contributed by atoms with Gasteiger partial charge in [-0.3, -0.25) is 0 Å². The number of fused-ring (bicyclic) bond motifs is 1.